The molecule has 2 amide bonds. The van der Waals surface area contributed by atoms with Gasteiger partial charge in [0.05, 0.1) is 12.2 Å². The lowest BCUT2D eigenvalue weighted by atomic mass is 10.3. The van der Waals surface area contributed by atoms with Gasteiger partial charge in [-0.1, -0.05) is 0 Å². The molecule has 0 fully saturated rings. The number of hydrogen-bond donors (Lipinski definition) is 3. The van der Waals surface area contributed by atoms with Crippen molar-refractivity contribution in [1.82, 2.24) is 35.4 Å². The van der Waals surface area contributed by atoms with Crippen LogP contribution >= 0.6 is 0 Å². The molecule has 1 unspecified atom stereocenters. The zero-order valence-electron chi connectivity index (χ0n) is 11.9. The average molecular weight is 290 g/mol. The van der Waals surface area contributed by atoms with Crippen molar-refractivity contribution in [3.63, 3.8) is 0 Å². The third-order valence-electron chi connectivity index (χ3n) is 2.76. The van der Waals surface area contributed by atoms with E-state index in [4.69, 9.17) is 0 Å². The van der Waals surface area contributed by atoms with Gasteiger partial charge in [-0.3, -0.25) is 4.98 Å². The standard InChI is InChI=1S/C12H18N8O/c1-9(11-19-17-8-20(11)2)18-12(21)16-6-5-15-10-7-13-3-4-14-10/h3-4,7-9H,5-6H2,1-2H3,(H,14,15)(H2,16,18,21). The molecule has 0 aromatic carbocycles. The first-order valence-electron chi connectivity index (χ1n) is 6.55. The third-order valence-corrected chi connectivity index (χ3v) is 2.76. The van der Waals surface area contributed by atoms with Crippen molar-refractivity contribution >= 4 is 11.8 Å². The molecular formula is C12H18N8O. The number of rotatable bonds is 6. The molecule has 2 heterocycles. The highest BCUT2D eigenvalue weighted by molar-refractivity contribution is 5.74. The van der Waals surface area contributed by atoms with Gasteiger partial charge >= 0.3 is 6.03 Å². The highest BCUT2D eigenvalue weighted by Gasteiger charge is 2.13. The van der Waals surface area contributed by atoms with E-state index in [-0.39, 0.29) is 12.1 Å². The number of aryl methyl sites for hydroxylation is 1. The molecule has 21 heavy (non-hydrogen) atoms. The molecule has 0 aliphatic carbocycles. The topological polar surface area (TPSA) is 110 Å². The molecule has 0 saturated heterocycles. The number of anilines is 1. The second-order valence-corrected chi connectivity index (χ2v) is 4.44. The summed E-state index contributed by atoms with van der Waals surface area (Å²) in [5.74, 6) is 1.37. The summed E-state index contributed by atoms with van der Waals surface area (Å²) in [6.45, 7) is 2.87. The zero-order valence-corrected chi connectivity index (χ0v) is 11.9. The van der Waals surface area contributed by atoms with E-state index in [9.17, 15) is 4.79 Å². The zero-order chi connectivity index (χ0) is 15.1. The van der Waals surface area contributed by atoms with Crippen LogP contribution in [0.2, 0.25) is 0 Å². The van der Waals surface area contributed by atoms with Crippen LogP contribution in [0.3, 0.4) is 0 Å². The van der Waals surface area contributed by atoms with Gasteiger partial charge in [-0.15, -0.1) is 10.2 Å². The lowest BCUT2D eigenvalue weighted by Crippen LogP contribution is -2.39. The van der Waals surface area contributed by atoms with Crippen LogP contribution in [0.1, 0.15) is 18.8 Å². The molecule has 112 valence electrons. The minimum absolute atomic E-state index is 0.217. The molecule has 0 radical (unpaired) electrons. The molecule has 2 aromatic heterocycles. The first kappa shape index (κ1) is 14.7. The van der Waals surface area contributed by atoms with E-state index in [2.05, 4.69) is 36.1 Å². The van der Waals surface area contributed by atoms with Crippen LogP contribution in [0.25, 0.3) is 0 Å². The van der Waals surface area contributed by atoms with E-state index in [1.54, 1.807) is 29.5 Å². The molecule has 1 atom stereocenters. The maximum atomic E-state index is 11.7. The molecule has 2 aromatic rings. The van der Waals surface area contributed by atoms with Crippen LogP contribution in [0.5, 0.6) is 0 Å². The van der Waals surface area contributed by atoms with Gasteiger partial charge in [0.2, 0.25) is 0 Å². The van der Waals surface area contributed by atoms with Crippen molar-refractivity contribution in [2.45, 2.75) is 13.0 Å². The number of amides is 2. The number of nitrogens with zero attached hydrogens (tertiary/aromatic N) is 5. The summed E-state index contributed by atoms with van der Waals surface area (Å²) in [5, 5.41) is 16.3. The normalized spacial score (nSPS) is 11.7. The fourth-order valence-electron chi connectivity index (χ4n) is 1.75. The molecule has 9 nitrogen and oxygen atoms in total. The quantitative estimate of drug-likeness (QED) is 0.650. The van der Waals surface area contributed by atoms with Gasteiger partial charge in [-0.2, -0.15) is 0 Å². The van der Waals surface area contributed by atoms with E-state index in [0.717, 1.165) is 0 Å². The number of hydrogen-bond acceptors (Lipinski definition) is 6. The van der Waals surface area contributed by atoms with Gasteiger partial charge in [-0.05, 0) is 6.92 Å². The van der Waals surface area contributed by atoms with Crippen LogP contribution in [0, 0.1) is 0 Å². The minimum atomic E-state index is -0.258. The van der Waals surface area contributed by atoms with Crippen LogP contribution < -0.4 is 16.0 Å². The smallest absolute Gasteiger partial charge is 0.315 e. The van der Waals surface area contributed by atoms with Gasteiger partial charge in [-0.25, -0.2) is 9.78 Å². The summed E-state index contributed by atoms with van der Waals surface area (Å²) in [4.78, 5) is 19.7. The van der Waals surface area contributed by atoms with E-state index >= 15 is 0 Å². The summed E-state index contributed by atoms with van der Waals surface area (Å²) in [6, 6.07) is -0.475. The predicted octanol–water partition coefficient (Wildman–Crippen LogP) is 0.0774. The maximum Gasteiger partial charge on any atom is 0.315 e. The van der Waals surface area contributed by atoms with Crippen molar-refractivity contribution in [1.29, 1.82) is 0 Å². The summed E-state index contributed by atoms with van der Waals surface area (Å²) < 4.78 is 1.76. The number of nitrogens with one attached hydrogen (secondary N) is 3. The van der Waals surface area contributed by atoms with Crippen molar-refractivity contribution in [3.05, 3.63) is 30.7 Å². The Labute approximate surface area is 122 Å². The Balaban J connectivity index is 1.67. The average Bonchev–Trinajstić information content (AvgIpc) is 2.91. The van der Waals surface area contributed by atoms with E-state index in [1.165, 1.54) is 0 Å². The summed E-state index contributed by atoms with van der Waals surface area (Å²) in [7, 11) is 1.83. The Morgan fingerprint density at radius 1 is 1.38 bits per heavy atom. The summed E-state index contributed by atoms with van der Waals surface area (Å²) in [6.07, 6.45) is 6.42. The van der Waals surface area contributed by atoms with E-state index in [1.807, 2.05) is 14.0 Å². The molecule has 0 aliphatic rings. The van der Waals surface area contributed by atoms with Gasteiger partial charge in [0.25, 0.3) is 0 Å². The first-order valence-corrected chi connectivity index (χ1v) is 6.55. The fourth-order valence-corrected chi connectivity index (χ4v) is 1.75. The summed E-state index contributed by atoms with van der Waals surface area (Å²) >= 11 is 0. The van der Waals surface area contributed by atoms with Gasteiger partial charge in [0, 0.05) is 32.5 Å². The molecular weight excluding hydrogens is 272 g/mol. The molecule has 0 aliphatic heterocycles. The Morgan fingerprint density at radius 2 is 2.24 bits per heavy atom. The van der Waals surface area contributed by atoms with Crippen LogP contribution in [-0.4, -0.2) is 43.9 Å². The summed E-state index contributed by atoms with van der Waals surface area (Å²) in [5.41, 5.74) is 0. The Morgan fingerprint density at radius 3 is 2.90 bits per heavy atom. The number of aromatic nitrogens is 5. The van der Waals surface area contributed by atoms with Crippen LogP contribution in [0.15, 0.2) is 24.9 Å². The van der Waals surface area contributed by atoms with Crippen molar-refractivity contribution < 1.29 is 4.79 Å². The molecule has 3 N–H and O–H groups in total. The molecule has 9 heteroatoms. The largest absolute Gasteiger partial charge is 0.367 e. The molecule has 0 spiro atoms. The number of urea groups is 1. The SMILES string of the molecule is CC(NC(=O)NCCNc1cnccn1)c1nncn1C. The van der Waals surface area contributed by atoms with Gasteiger partial charge in [0.15, 0.2) is 5.82 Å². The van der Waals surface area contributed by atoms with Gasteiger partial charge < -0.3 is 20.5 Å². The monoisotopic (exact) mass is 290 g/mol. The molecule has 0 saturated carbocycles. The highest BCUT2D eigenvalue weighted by Crippen LogP contribution is 2.06. The van der Waals surface area contributed by atoms with E-state index < -0.39 is 0 Å². The Kier molecular flexibility index (Phi) is 5.02. The highest BCUT2D eigenvalue weighted by atomic mass is 16.2. The van der Waals surface area contributed by atoms with Gasteiger partial charge in [0.1, 0.15) is 12.1 Å². The third kappa shape index (κ3) is 4.41. The molecule has 0 bridgehead atoms. The molecule has 2 rings (SSSR count). The van der Waals surface area contributed by atoms with Crippen molar-refractivity contribution in [2.24, 2.45) is 7.05 Å². The lowest BCUT2D eigenvalue weighted by Gasteiger charge is -2.14. The second-order valence-electron chi connectivity index (χ2n) is 4.44. The first-order chi connectivity index (χ1) is 10.2. The Hall–Kier alpha value is -2.71. The Bertz CT molecular complexity index is 570. The van der Waals surface area contributed by atoms with Crippen molar-refractivity contribution in [2.75, 3.05) is 18.4 Å². The number of carbonyl (C=O) groups is 1. The van der Waals surface area contributed by atoms with Crippen molar-refractivity contribution in [3.8, 4) is 0 Å². The second kappa shape index (κ2) is 7.17. The minimum Gasteiger partial charge on any atom is -0.367 e. The fraction of sp³-hybridized carbons (Fsp3) is 0.417. The van der Waals surface area contributed by atoms with Crippen LogP contribution in [-0.2, 0) is 7.05 Å². The lowest BCUT2D eigenvalue weighted by molar-refractivity contribution is 0.237. The predicted molar refractivity (Wildman–Crippen MR) is 76.5 cm³/mol. The van der Waals surface area contributed by atoms with E-state index in [0.29, 0.717) is 24.7 Å². The van der Waals surface area contributed by atoms with Crippen LogP contribution in [0.4, 0.5) is 10.6 Å². The number of carbonyl (C=O) groups excluding carboxylic acids is 1. The maximum absolute atomic E-state index is 11.7.